The third-order valence-corrected chi connectivity index (χ3v) is 6.15. The number of hydrogen-bond acceptors (Lipinski definition) is 4. The Morgan fingerprint density at radius 1 is 1.30 bits per heavy atom. The van der Waals surface area contributed by atoms with E-state index in [0.29, 0.717) is 18.8 Å². The fourth-order valence-electron chi connectivity index (χ4n) is 4.33. The maximum Gasteiger partial charge on any atom is 0.287 e. The van der Waals surface area contributed by atoms with Gasteiger partial charge in [-0.1, -0.05) is 23.7 Å². The van der Waals surface area contributed by atoms with Gasteiger partial charge < -0.3 is 14.5 Å². The van der Waals surface area contributed by atoms with E-state index in [1.54, 1.807) is 0 Å². The summed E-state index contributed by atoms with van der Waals surface area (Å²) in [6, 6.07) is 7.79. The molecule has 1 atom stereocenters. The summed E-state index contributed by atoms with van der Waals surface area (Å²) in [4.78, 5) is 12.7. The van der Waals surface area contributed by atoms with Crippen LogP contribution >= 0.6 is 11.6 Å². The highest BCUT2D eigenvalue weighted by Crippen LogP contribution is 2.38. The first kappa shape index (κ1) is 19.4. The van der Waals surface area contributed by atoms with Gasteiger partial charge in [0.1, 0.15) is 5.76 Å². The Morgan fingerprint density at radius 2 is 2.13 bits per heavy atom. The third-order valence-electron chi connectivity index (χ3n) is 5.89. The number of aromatic nitrogens is 2. The molecular weight excluding hydrogens is 402 g/mol. The fourth-order valence-corrected chi connectivity index (χ4v) is 4.46. The maximum absolute atomic E-state index is 12.7. The highest BCUT2D eigenvalue weighted by atomic mass is 35.5. The quantitative estimate of drug-likeness (QED) is 0.666. The number of halogens is 1. The number of fused-ring (bicyclic) bond motifs is 3. The Morgan fingerprint density at radius 3 is 2.90 bits per heavy atom. The number of furan rings is 1. The number of nitrogens with zero attached hydrogens (tertiary/aromatic N) is 2. The Balaban J connectivity index is 1.37. The van der Waals surface area contributed by atoms with Gasteiger partial charge in [-0.2, -0.15) is 5.10 Å². The van der Waals surface area contributed by atoms with Crippen molar-refractivity contribution in [2.24, 2.45) is 0 Å². The standard InChI is InChI=1S/C23H24ClN3O3/c1-14-20-19(30-22(14)23(28)25-11-18-3-2-10-29-18)9-6-16-13-27(26-21(16)20)12-15-4-7-17(24)8-5-15/h4-5,7-8,13,18H,2-3,6,9-12H2,1H3,(H,25,28)/t18-/m1/s1. The van der Waals surface area contributed by atoms with E-state index in [1.807, 2.05) is 35.9 Å². The molecule has 1 N–H and O–H groups in total. The molecule has 1 aromatic carbocycles. The van der Waals surface area contributed by atoms with E-state index >= 15 is 0 Å². The minimum absolute atomic E-state index is 0.106. The van der Waals surface area contributed by atoms with Crippen molar-refractivity contribution in [3.63, 3.8) is 0 Å². The lowest BCUT2D eigenvalue weighted by Crippen LogP contribution is -2.31. The first-order valence-corrected chi connectivity index (χ1v) is 10.8. The maximum atomic E-state index is 12.7. The Labute approximate surface area is 180 Å². The minimum Gasteiger partial charge on any atom is -0.455 e. The van der Waals surface area contributed by atoms with Crippen molar-refractivity contribution in [3.8, 4) is 11.3 Å². The Kier molecular flexibility index (Phi) is 5.13. The van der Waals surface area contributed by atoms with Crippen molar-refractivity contribution in [2.75, 3.05) is 13.2 Å². The molecule has 0 radical (unpaired) electrons. The van der Waals surface area contributed by atoms with Gasteiger partial charge in [0.05, 0.1) is 18.3 Å². The van der Waals surface area contributed by atoms with E-state index < -0.39 is 0 Å². The predicted molar refractivity (Wildman–Crippen MR) is 114 cm³/mol. The summed E-state index contributed by atoms with van der Waals surface area (Å²) in [7, 11) is 0. The molecule has 1 fully saturated rings. The van der Waals surface area contributed by atoms with Crippen LogP contribution in [0.5, 0.6) is 0 Å². The predicted octanol–water partition coefficient (Wildman–Crippen LogP) is 4.16. The zero-order valence-electron chi connectivity index (χ0n) is 16.9. The molecule has 3 heterocycles. The second-order valence-electron chi connectivity index (χ2n) is 8.03. The first-order valence-electron chi connectivity index (χ1n) is 10.4. The molecule has 0 unspecified atom stereocenters. The highest BCUT2D eigenvalue weighted by molar-refractivity contribution is 6.30. The van der Waals surface area contributed by atoms with Crippen molar-refractivity contribution < 1.29 is 13.9 Å². The van der Waals surface area contributed by atoms with E-state index in [4.69, 9.17) is 25.9 Å². The van der Waals surface area contributed by atoms with Crippen LogP contribution in [0, 0.1) is 6.92 Å². The second-order valence-corrected chi connectivity index (χ2v) is 8.46. The Hall–Kier alpha value is -2.57. The van der Waals surface area contributed by atoms with Crippen LogP contribution in [-0.4, -0.2) is 34.9 Å². The third kappa shape index (κ3) is 3.66. The van der Waals surface area contributed by atoms with E-state index in [0.717, 1.165) is 65.5 Å². The summed E-state index contributed by atoms with van der Waals surface area (Å²) < 4.78 is 13.5. The van der Waals surface area contributed by atoms with Gasteiger partial charge in [-0.25, -0.2) is 0 Å². The molecule has 6 nitrogen and oxygen atoms in total. The molecule has 5 rings (SSSR count). The van der Waals surface area contributed by atoms with Crippen LogP contribution in [0.3, 0.4) is 0 Å². The van der Waals surface area contributed by atoms with Crippen LogP contribution in [0.25, 0.3) is 11.3 Å². The molecule has 1 aliphatic carbocycles. The second kappa shape index (κ2) is 7.93. The van der Waals surface area contributed by atoms with Crippen LogP contribution in [0.4, 0.5) is 0 Å². The molecule has 0 saturated carbocycles. The number of rotatable bonds is 5. The normalized spacial score (nSPS) is 17.6. The van der Waals surface area contributed by atoms with Gasteiger partial charge in [0.2, 0.25) is 0 Å². The molecule has 0 bridgehead atoms. The van der Waals surface area contributed by atoms with Crippen molar-refractivity contribution >= 4 is 17.5 Å². The average Bonchev–Trinajstić information content (AvgIpc) is 3.46. The molecule has 156 valence electrons. The van der Waals surface area contributed by atoms with Crippen molar-refractivity contribution in [1.82, 2.24) is 15.1 Å². The average molecular weight is 426 g/mol. The largest absolute Gasteiger partial charge is 0.455 e. The SMILES string of the molecule is Cc1c(C(=O)NC[C@H]2CCCO2)oc2c1-c1nn(Cc3ccc(Cl)cc3)cc1CC2. The first-order chi connectivity index (χ1) is 14.6. The highest BCUT2D eigenvalue weighted by Gasteiger charge is 2.30. The lowest BCUT2D eigenvalue weighted by Gasteiger charge is -2.10. The summed E-state index contributed by atoms with van der Waals surface area (Å²) in [5, 5.41) is 8.51. The number of benzene rings is 1. The lowest BCUT2D eigenvalue weighted by atomic mass is 9.93. The van der Waals surface area contributed by atoms with Crippen LogP contribution < -0.4 is 5.32 Å². The number of amides is 1. The fraction of sp³-hybridized carbons (Fsp3) is 0.391. The number of ether oxygens (including phenoxy) is 1. The molecule has 2 aliphatic rings. The number of carbonyl (C=O) groups is 1. The number of nitrogens with one attached hydrogen (secondary N) is 1. The molecule has 7 heteroatoms. The summed E-state index contributed by atoms with van der Waals surface area (Å²) >= 11 is 5.99. The topological polar surface area (TPSA) is 69.3 Å². The monoisotopic (exact) mass is 425 g/mol. The van der Waals surface area contributed by atoms with Crippen LogP contribution in [0.15, 0.2) is 34.9 Å². The molecule has 1 saturated heterocycles. The van der Waals surface area contributed by atoms with Gasteiger partial charge in [-0.05, 0) is 49.4 Å². The summed E-state index contributed by atoms with van der Waals surface area (Å²) in [5.74, 6) is 1.05. The number of hydrogen-bond donors (Lipinski definition) is 1. The lowest BCUT2D eigenvalue weighted by molar-refractivity contribution is 0.0833. The van der Waals surface area contributed by atoms with Crippen LogP contribution in [0.1, 0.15) is 45.8 Å². The zero-order valence-corrected chi connectivity index (χ0v) is 17.7. The molecule has 30 heavy (non-hydrogen) atoms. The van der Waals surface area contributed by atoms with E-state index in [9.17, 15) is 4.79 Å². The van der Waals surface area contributed by atoms with Crippen molar-refractivity contribution in [2.45, 2.75) is 45.3 Å². The van der Waals surface area contributed by atoms with Crippen molar-refractivity contribution in [3.05, 3.63) is 63.7 Å². The summed E-state index contributed by atoms with van der Waals surface area (Å²) in [6.45, 7) is 3.91. The van der Waals surface area contributed by atoms with Gasteiger partial charge in [-0.15, -0.1) is 0 Å². The van der Waals surface area contributed by atoms with E-state index in [2.05, 4.69) is 11.5 Å². The minimum atomic E-state index is -0.181. The molecule has 3 aromatic rings. The van der Waals surface area contributed by atoms with Gasteiger partial charge >= 0.3 is 0 Å². The van der Waals surface area contributed by atoms with Crippen LogP contribution in [-0.2, 0) is 24.1 Å². The smallest absolute Gasteiger partial charge is 0.287 e. The summed E-state index contributed by atoms with van der Waals surface area (Å²) in [5.41, 5.74) is 5.06. The van der Waals surface area contributed by atoms with Crippen molar-refractivity contribution in [1.29, 1.82) is 0 Å². The summed E-state index contributed by atoms with van der Waals surface area (Å²) in [6.07, 6.45) is 5.87. The van der Waals surface area contributed by atoms with E-state index in [1.165, 1.54) is 5.56 Å². The zero-order chi connectivity index (χ0) is 20.7. The molecule has 2 aromatic heterocycles. The molecule has 1 amide bonds. The van der Waals surface area contributed by atoms with Gasteiger partial charge in [-0.3, -0.25) is 9.48 Å². The van der Waals surface area contributed by atoms with Crippen LogP contribution in [0.2, 0.25) is 5.02 Å². The van der Waals surface area contributed by atoms with E-state index in [-0.39, 0.29) is 12.0 Å². The number of aryl methyl sites for hydroxylation is 2. The number of carbonyl (C=O) groups excluding carboxylic acids is 1. The van der Waals surface area contributed by atoms with Gasteiger partial charge in [0.15, 0.2) is 5.76 Å². The molecule has 0 spiro atoms. The van der Waals surface area contributed by atoms with Gasteiger partial charge in [0, 0.05) is 41.9 Å². The molecule has 1 aliphatic heterocycles. The Bertz CT molecular complexity index is 1080. The van der Waals surface area contributed by atoms with Gasteiger partial charge in [0.25, 0.3) is 5.91 Å². The molecular formula is C23H24ClN3O3.